The van der Waals surface area contributed by atoms with Crippen molar-refractivity contribution in [3.63, 3.8) is 0 Å². The molecule has 0 unspecified atom stereocenters. The summed E-state index contributed by atoms with van der Waals surface area (Å²) in [5.74, 6) is 0. The van der Waals surface area contributed by atoms with Gasteiger partial charge in [0.1, 0.15) is 0 Å². The van der Waals surface area contributed by atoms with Gasteiger partial charge < -0.3 is 0 Å². The van der Waals surface area contributed by atoms with Crippen molar-refractivity contribution in [2.75, 3.05) is 0 Å². The Kier molecular flexibility index (Phi) is 7.42. The van der Waals surface area contributed by atoms with Crippen molar-refractivity contribution in [2.24, 2.45) is 0 Å². The van der Waals surface area contributed by atoms with Gasteiger partial charge >= 0.3 is 0 Å². The molecule has 0 radical (unpaired) electrons. The molecule has 0 saturated heterocycles. The second-order valence-corrected chi connectivity index (χ2v) is 4.77. The number of rotatable bonds is 4. The van der Waals surface area contributed by atoms with Gasteiger partial charge in [-0.15, -0.1) is 0 Å². The molecule has 0 saturated carbocycles. The number of allylic oxidation sites excluding steroid dienone is 1. The Bertz CT molecular complexity index is 521. The molecule has 2 aromatic carbocycles. The quantitative estimate of drug-likeness (QED) is 0.639. The highest BCUT2D eigenvalue weighted by Crippen LogP contribution is 2.12. The molecular formula is C20H26. The van der Waals surface area contributed by atoms with Gasteiger partial charge in [0.2, 0.25) is 0 Å². The normalized spacial score (nSPS) is 10.2. The maximum absolute atomic E-state index is 2.26. The van der Waals surface area contributed by atoms with Crippen LogP contribution in [-0.4, -0.2) is 0 Å². The Balaban J connectivity index is 0.000000956. The largest absolute Gasteiger partial charge is 0.0836 e. The lowest BCUT2D eigenvalue weighted by molar-refractivity contribution is 1.01. The standard InChI is InChI=1S/C18H20.C2H6/c1-15-12-13-18(14-16(15)2)11-7-6-10-17-8-4-3-5-9-17;1-2/h3-5,7-9,11-14H,6,10H2,1-2H3;1-2H3/b11-7+;. The molecule has 0 heterocycles. The third-order valence-electron chi connectivity index (χ3n) is 3.28. The first-order valence-corrected chi connectivity index (χ1v) is 7.53. The van der Waals surface area contributed by atoms with Gasteiger partial charge in [-0.25, -0.2) is 0 Å². The van der Waals surface area contributed by atoms with Crippen LogP contribution in [0.25, 0.3) is 6.08 Å². The molecule has 0 atom stereocenters. The molecule has 0 aromatic heterocycles. The number of hydrogen-bond acceptors (Lipinski definition) is 0. The fourth-order valence-corrected chi connectivity index (χ4v) is 1.98. The molecule has 106 valence electrons. The summed E-state index contributed by atoms with van der Waals surface area (Å²) < 4.78 is 0. The van der Waals surface area contributed by atoms with Crippen molar-refractivity contribution < 1.29 is 0 Å². The van der Waals surface area contributed by atoms with Crippen LogP contribution in [-0.2, 0) is 6.42 Å². The summed E-state index contributed by atoms with van der Waals surface area (Å²) >= 11 is 0. The zero-order valence-electron chi connectivity index (χ0n) is 13.2. The van der Waals surface area contributed by atoms with E-state index in [2.05, 4.69) is 74.5 Å². The van der Waals surface area contributed by atoms with Crippen LogP contribution in [0.4, 0.5) is 0 Å². The average molecular weight is 266 g/mol. The fourth-order valence-electron chi connectivity index (χ4n) is 1.98. The minimum Gasteiger partial charge on any atom is -0.0836 e. The molecule has 0 nitrogen and oxygen atoms in total. The summed E-state index contributed by atoms with van der Waals surface area (Å²) in [6.07, 6.45) is 6.69. The van der Waals surface area contributed by atoms with Gasteiger partial charge in [0.25, 0.3) is 0 Å². The average Bonchev–Trinajstić information content (AvgIpc) is 2.50. The van der Waals surface area contributed by atoms with Crippen LogP contribution in [0.15, 0.2) is 54.6 Å². The van der Waals surface area contributed by atoms with E-state index in [1.165, 1.54) is 22.3 Å². The predicted molar refractivity (Wildman–Crippen MR) is 91.1 cm³/mol. The Labute approximate surface area is 124 Å². The maximum Gasteiger partial charge on any atom is -0.0244 e. The Hall–Kier alpha value is -1.82. The highest BCUT2D eigenvalue weighted by Gasteiger charge is 1.93. The van der Waals surface area contributed by atoms with E-state index in [4.69, 9.17) is 0 Å². The summed E-state index contributed by atoms with van der Waals surface area (Å²) in [6.45, 7) is 8.31. The van der Waals surface area contributed by atoms with E-state index in [-0.39, 0.29) is 0 Å². The molecule has 20 heavy (non-hydrogen) atoms. The van der Waals surface area contributed by atoms with Crippen LogP contribution >= 0.6 is 0 Å². The summed E-state index contributed by atoms with van der Waals surface area (Å²) in [4.78, 5) is 0. The van der Waals surface area contributed by atoms with Crippen molar-refractivity contribution in [1.29, 1.82) is 0 Å². The smallest absolute Gasteiger partial charge is 0.0244 e. The molecule has 0 N–H and O–H groups in total. The molecular weight excluding hydrogens is 240 g/mol. The van der Waals surface area contributed by atoms with Gasteiger partial charge in [-0.05, 0) is 48.9 Å². The number of hydrogen-bond donors (Lipinski definition) is 0. The topological polar surface area (TPSA) is 0 Å². The number of benzene rings is 2. The third kappa shape index (κ3) is 5.44. The van der Waals surface area contributed by atoms with Crippen LogP contribution in [0.5, 0.6) is 0 Å². The van der Waals surface area contributed by atoms with Crippen LogP contribution in [0.1, 0.15) is 42.5 Å². The van der Waals surface area contributed by atoms with E-state index in [0.29, 0.717) is 0 Å². The molecule has 0 aliphatic carbocycles. The monoisotopic (exact) mass is 266 g/mol. The molecule has 0 aliphatic rings. The van der Waals surface area contributed by atoms with Gasteiger partial charge in [0.05, 0.1) is 0 Å². The third-order valence-corrected chi connectivity index (χ3v) is 3.28. The molecule has 0 bridgehead atoms. The van der Waals surface area contributed by atoms with Crippen molar-refractivity contribution in [3.05, 3.63) is 76.9 Å². The lowest BCUT2D eigenvalue weighted by Crippen LogP contribution is -1.83. The Morgan fingerprint density at radius 1 is 0.850 bits per heavy atom. The molecule has 2 rings (SSSR count). The first-order chi connectivity index (χ1) is 9.75. The van der Waals surface area contributed by atoms with E-state index in [1.54, 1.807) is 0 Å². The van der Waals surface area contributed by atoms with E-state index >= 15 is 0 Å². The van der Waals surface area contributed by atoms with Crippen LogP contribution in [0.3, 0.4) is 0 Å². The lowest BCUT2D eigenvalue weighted by Gasteiger charge is -2.01. The van der Waals surface area contributed by atoms with Gasteiger partial charge in [0.15, 0.2) is 0 Å². The van der Waals surface area contributed by atoms with E-state index in [0.717, 1.165) is 12.8 Å². The minimum atomic E-state index is 1.09. The first kappa shape index (κ1) is 16.2. The minimum absolute atomic E-state index is 1.09. The van der Waals surface area contributed by atoms with E-state index in [9.17, 15) is 0 Å². The molecule has 0 heteroatoms. The molecule has 0 fully saturated rings. The maximum atomic E-state index is 2.26. The highest BCUT2D eigenvalue weighted by atomic mass is 14.0. The second-order valence-electron chi connectivity index (χ2n) is 4.77. The van der Waals surface area contributed by atoms with Crippen LogP contribution < -0.4 is 0 Å². The van der Waals surface area contributed by atoms with Gasteiger partial charge in [0, 0.05) is 0 Å². The molecule has 0 spiro atoms. The van der Waals surface area contributed by atoms with Crippen molar-refractivity contribution in [1.82, 2.24) is 0 Å². The lowest BCUT2D eigenvalue weighted by atomic mass is 10.1. The van der Waals surface area contributed by atoms with Crippen molar-refractivity contribution >= 4 is 6.08 Å². The second kappa shape index (κ2) is 9.14. The van der Waals surface area contributed by atoms with Crippen LogP contribution in [0.2, 0.25) is 0 Å². The summed E-state index contributed by atoms with van der Waals surface area (Å²) in [6, 6.07) is 17.2. The van der Waals surface area contributed by atoms with Crippen molar-refractivity contribution in [3.8, 4) is 0 Å². The zero-order valence-corrected chi connectivity index (χ0v) is 13.2. The predicted octanol–water partition coefficient (Wildman–Crippen LogP) is 5.98. The Morgan fingerprint density at radius 2 is 1.55 bits per heavy atom. The van der Waals surface area contributed by atoms with Gasteiger partial charge in [-0.2, -0.15) is 0 Å². The summed E-state index contributed by atoms with van der Waals surface area (Å²) in [7, 11) is 0. The van der Waals surface area contributed by atoms with Gasteiger partial charge in [-0.1, -0.05) is 74.5 Å². The van der Waals surface area contributed by atoms with E-state index in [1.807, 2.05) is 13.8 Å². The van der Waals surface area contributed by atoms with Crippen LogP contribution in [0, 0.1) is 13.8 Å². The first-order valence-electron chi connectivity index (χ1n) is 7.53. The van der Waals surface area contributed by atoms with E-state index < -0.39 is 0 Å². The zero-order chi connectivity index (χ0) is 14.8. The van der Waals surface area contributed by atoms with Gasteiger partial charge in [-0.3, -0.25) is 0 Å². The number of aryl methyl sites for hydroxylation is 3. The fraction of sp³-hybridized carbons (Fsp3) is 0.300. The summed E-state index contributed by atoms with van der Waals surface area (Å²) in [5, 5.41) is 0. The molecule has 0 aliphatic heterocycles. The van der Waals surface area contributed by atoms with Crippen molar-refractivity contribution in [2.45, 2.75) is 40.5 Å². The highest BCUT2D eigenvalue weighted by molar-refractivity contribution is 5.51. The summed E-state index contributed by atoms with van der Waals surface area (Å²) in [5.41, 5.74) is 5.42. The molecule has 2 aromatic rings. The Morgan fingerprint density at radius 3 is 2.20 bits per heavy atom. The molecule has 0 amide bonds. The SMILES string of the molecule is CC.Cc1ccc(/C=C/CCc2ccccc2)cc1C.